The maximum atomic E-state index is 13.5. The summed E-state index contributed by atoms with van der Waals surface area (Å²) in [7, 11) is 4.95. The molecule has 5 aliphatic carbocycles. The van der Waals surface area contributed by atoms with Crippen LogP contribution in [0.2, 0.25) is 0 Å². The molecule has 0 aromatic rings. The largest absolute Gasteiger partial charge is 0.386 e. The Kier molecular flexibility index (Phi) is 4.04. The Bertz CT molecular complexity index is 824. The highest BCUT2D eigenvalue weighted by molar-refractivity contribution is 5.88. The quantitative estimate of drug-likeness (QED) is 0.565. The van der Waals surface area contributed by atoms with E-state index in [0.717, 1.165) is 0 Å². The van der Waals surface area contributed by atoms with Crippen LogP contribution in [0.5, 0.6) is 0 Å². The Morgan fingerprint density at radius 2 is 1.81 bits per heavy atom. The van der Waals surface area contributed by atoms with E-state index >= 15 is 0 Å². The molecule has 12 atom stereocenters. The number of ether oxygens (including phenoxy) is 3. The Hall–Kier alpha value is -0.770. The van der Waals surface area contributed by atoms with Gasteiger partial charge in [0.25, 0.3) is 5.91 Å². The minimum absolute atomic E-state index is 0.0574. The molecule has 5 saturated carbocycles. The summed E-state index contributed by atoms with van der Waals surface area (Å²) in [4.78, 5) is 15.3. The smallest absolute Gasteiger partial charge is 0.255 e. The third-order valence-corrected chi connectivity index (χ3v) is 10.8. The zero-order valence-corrected chi connectivity index (χ0v) is 18.8. The van der Waals surface area contributed by atoms with Gasteiger partial charge in [0, 0.05) is 69.4 Å². The van der Waals surface area contributed by atoms with E-state index in [1.807, 2.05) is 6.92 Å². The minimum atomic E-state index is -1.47. The Labute approximate surface area is 182 Å². The van der Waals surface area contributed by atoms with Crippen LogP contribution >= 0.6 is 0 Å². The molecule has 1 aliphatic heterocycles. The van der Waals surface area contributed by atoms with E-state index in [1.165, 1.54) is 0 Å². The predicted molar refractivity (Wildman–Crippen MR) is 108 cm³/mol. The van der Waals surface area contributed by atoms with Crippen LogP contribution in [0.3, 0.4) is 0 Å². The van der Waals surface area contributed by atoms with Crippen molar-refractivity contribution in [1.29, 1.82) is 0 Å². The summed E-state index contributed by atoms with van der Waals surface area (Å²) < 4.78 is 17.8. The summed E-state index contributed by atoms with van der Waals surface area (Å²) in [5.74, 6) is -1.34. The molecule has 0 aromatic carbocycles. The number of hydrogen-bond donors (Lipinski definition) is 3. The molecule has 0 aromatic heterocycles. The number of amides is 1. The number of likely N-dealkylation sites (N-methyl/N-ethyl adjacent to an activating group) is 1. The van der Waals surface area contributed by atoms with Crippen molar-refractivity contribution in [2.24, 2.45) is 29.1 Å². The van der Waals surface area contributed by atoms with Gasteiger partial charge in [-0.05, 0) is 32.6 Å². The Morgan fingerprint density at radius 1 is 1.06 bits per heavy atom. The van der Waals surface area contributed by atoms with Crippen molar-refractivity contribution in [2.45, 2.75) is 80.2 Å². The lowest BCUT2D eigenvalue weighted by Crippen LogP contribution is -2.83. The van der Waals surface area contributed by atoms with Crippen molar-refractivity contribution < 1.29 is 34.3 Å². The number of likely N-dealkylation sites (tertiary alicyclic amines) is 1. The molecule has 1 amide bonds. The van der Waals surface area contributed by atoms with Crippen LogP contribution in [-0.4, -0.2) is 95.2 Å². The van der Waals surface area contributed by atoms with Gasteiger partial charge in [0.05, 0.1) is 18.3 Å². The van der Waals surface area contributed by atoms with E-state index in [2.05, 4.69) is 0 Å². The van der Waals surface area contributed by atoms with E-state index in [1.54, 1.807) is 26.2 Å². The van der Waals surface area contributed by atoms with Gasteiger partial charge in [-0.3, -0.25) is 4.79 Å². The molecule has 7 bridgehead atoms. The Morgan fingerprint density at radius 3 is 2.42 bits per heavy atom. The van der Waals surface area contributed by atoms with Gasteiger partial charge in [0.1, 0.15) is 16.8 Å². The van der Waals surface area contributed by atoms with Crippen molar-refractivity contribution in [2.75, 3.05) is 27.9 Å². The van der Waals surface area contributed by atoms with Crippen molar-refractivity contribution in [3.63, 3.8) is 0 Å². The second-order valence-electron chi connectivity index (χ2n) is 11.0. The molecule has 6 fully saturated rings. The zero-order valence-electron chi connectivity index (χ0n) is 18.8. The highest BCUT2D eigenvalue weighted by Crippen LogP contribution is 2.79. The molecule has 31 heavy (non-hydrogen) atoms. The lowest BCUT2D eigenvalue weighted by molar-refractivity contribution is -0.331. The van der Waals surface area contributed by atoms with Crippen LogP contribution in [0, 0.1) is 29.1 Å². The third kappa shape index (κ3) is 1.82. The van der Waals surface area contributed by atoms with Gasteiger partial charge in [-0.2, -0.15) is 0 Å². The van der Waals surface area contributed by atoms with E-state index in [9.17, 15) is 20.1 Å². The molecule has 6 rings (SSSR count). The summed E-state index contributed by atoms with van der Waals surface area (Å²) in [6.45, 7) is 2.39. The second kappa shape index (κ2) is 6.02. The predicted octanol–water partition coefficient (Wildman–Crippen LogP) is -0.0749. The fraction of sp³-hybridized carbons (Fsp3) is 0.957. The first-order valence-electron chi connectivity index (χ1n) is 11.8. The lowest BCUT2D eigenvalue weighted by Gasteiger charge is -2.69. The van der Waals surface area contributed by atoms with E-state index < -0.39 is 28.3 Å². The number of fused-ring (bicyclic) bond motifs is 2. The average Bonchev–Trinajstić information content (AvgIpc) is 3.20. The van der Waals surface area contributed by atoms with Crippen LogP contribution in [0.4, 0.5) is 0 Å². The molecule has 174 valence electrons. The summed E-state index contributed by atoms with van der Waals surface area (Å²) in [6, 6.07) is -0.275. The number of methoxy groups -OCH3 is 3. The first-order valence-corrected chi connectivity index (χ1v) is 11.8. The second-order valence-corrected chi connectivity index (χ2v) is 11.0. The number of piperidine rings is 1. The standard InChI is InChI=1S/C23H35NO7/c1-5-24-17-12-9-14-20(26,19(24)25)7-6-16(30-3)22(14,17)15-8-11-13(29-2)10-21(12,27)23(15,28)18(11)31-4/h11-18,26-28H,5-10H2,1-4H3/t11-,12+,13+,14?,15?,16+,17?,18+,20+,21+,22+,23+/m1/s1. The maximum absolute atomic E-state index is 13.5. The van der Waals surface area contributed by atoms with Crippen molar-refractivity contribution >= 4 is 5.91 Å². The van der Waals surface area contributed by atoms with E-state index in [4.69, 9.17) is 14.2 Å². The van der Waals surface area contributed by atoms with Crippen LogP contribution in [0.15, 0.2) is 0 Å². The normalized spacial score (nSPS) is 61.1. The fourth-order valence-corrected chi connectivity index (χ4v) is 10.1. The lowest BCUT2D eigenvalue weighted by atomic mass is 9.43. The summed E-state index contributed by atoms with van der Waals surface area (Å²) in [6.07, 6.45) is 1.36. The molecule has 0 radical (unpaired) electrons. The highest BCUT2D eigenvalue weighted by Gasteiger charge is 2.89. The molecule has 3 unspecified atom stereocenters. The molecule has 1 saturated heterocycles. The fourth-order valence-electron chi connectivity index (χ4n) is 10.1. The Balaban J connectivity index is 1.65. The molecule has 6 aliphatic rings. The van der Waals surface area contributed by atoms with Crippen LogP contribution < -0.4 is 0 Å². The number of rotatable bonds is 4. The van der Waals surface area contributed by atoms with Crippen molar-refractivity contribution in [3.05, 3.63) is 0 Å². The molecule has 8 heteroatoms. The van der Waals surface area contributed by atoms with Gasteiger partial charge in [-0.15, -0.1) is 0 Å². The van der Waals surface area contributed by atoms with Crippen molar-refractivity contribution in [3.8, 4) is 0 Å². The molecular weight excluding hydrogens is 402 g/mol. The van der Waals surface area contributed by atoms with Crippen molar-refractivity contribution in [1.82, 2.24) is 4.90 Å². The van der Waals surface area contributed by atoms with E-state index in [0.29, 0.717) is 38.6 Å². The van der Waals surface area contributed by atoms with Gasteiger partial charge < -0.3 is 34.4 Å². The molecule has 1 spiro atoms. The van der Waals surface area contributed by atoms with Crippen LogP contribution in [0.25, 0.3) is 0 Å². The molecule has 1 heterocycles. The maximum Gasteiger partial charge on any atom is 0.255 e. The van der Waals surface area contributed by atoms with Crippen LogP contribution in [0.1, 0.15) is 39.0 Å². The molecule has 3 N–H and O–H groups in total. The van der Waals surface area contributed by atoms with E-state index in [-0.39, 0.29) is 47.8 Å². The van der Waals surface area contributed by atoms with Gasteiger partial charge in [-0.1, -0.05) is 0 Å². The summed E-state index contributed by atoms with van der Waals surface area (Å²) in [5.41, 5.74) is -5.02. The van der Waals surface area contributed by atoms with Crippen LogP contribution in [-0.2, 0) is 19.0 Å². The molecular formula is C23H35NO7. The number of hydrogen-bond acceptors (Lipinski definition) is 7. The van der Waals surface area contributed by atoms with Gasteiger partial charge in [-0.25, -0.2) is 0 Å². The first-order chi connectivity index (χ1) is 14.7. The summed E-state index contributed by atoms with van der Waals surface area (Å²) >= 11 is 0. The number of nitrogens with zero attached hydrogens (tertiary/aromatic N) is 1. The SMILES string of the molecule is CCN1C(=O)[C@]2(O)CC[C@H](OC)[C@]34C1[C@H](CC32)[C@@]1(O)C[C@H](OC)[C@H]2CC4[C@]1(O)[C@H]2OC. The third-order valence-electron chi connectivity index (χ3n) is 10.8. The van der Waals surface area contributed by atoms with Gasteiger partial charge in [0.2, 0.25) is 0 Å². The average molecular weight is 438 g/mol. The minimum Gasteiger partial charge on any atom is -0.386 e. The topological polar surface area (TPSA) is 109 Å². The first kappa shape index (κ1) is 20.8. The molecule has 8 nitrogen and oxygen atoms in total. The summed E-state index contributed by atoms with van der Waals surface area (Å²) in [5, 5.41) is 36.6. The van der Waals surface area contributed by atoms with Gasteiger partial charge in [0.15, 0.2) is 0 Å². The van der Waals surface area contributed by atoms with Gasteiger partial charge >= 0.3 is 0 Å². The monoisotopic (exact) mass is 437 g/mol. The number of aliphatic hydroxyl groups is 3. The number of carbonyl (C=O) groups excluding carboxylic acids is 1. The number of carbonyl (C=O) groups is 1. The zero-order chi connectivity index (χ0) is 22.1. The highest BCUT2D eigenvalue weighted by atomic mass is 16.5.